The highest BCUT2D eigenvalue weighted by Crippen LogP contribution is 2.35. The van der Waals surface area contributed by atoms with Crippen LogP contribution in [0.3, 0.4) is 0 Å². The molecule has 0 atom stereocenters. The Bertz CT molecular complexity index is 494. The summed E-state index contributed by atoms with van der Waals surface area (Å²) in [6.45, 7) is 0. The van der Waals surface area contributed by atoms with Gasteiger partial charge < -0.3 is 4.74 Å². The smallest absolute Gasteiger partial charge is 0.388 e. The first-order chi connectivity index (χ1) is 8.67. The van der Waals surface area contributed by atoms with Crippen molar-refractivity contribution in [2.75, 3.05) is 0 Å². The van der Waals surface area contributed by atoms with Crippen molar-refractivity contribution < 1.29 is 31.5 Å². The fraction of sp³-hybridized carbons (Fsp3) is 0.333. The molecule has 106 valence electrons. The molecule has 0 saturated carbocycles. The molecule has 1 aromatic heterocycles. The minimum atomic E-state index is -5.09. The van der Waals surface area contributed by atoms with Gasteiger partial charge in [0.25, 0.3) is 11.7 Å². The molecule has 0 fully saturated rings. The Hall–Kier alpha value is -0.960. The molecule has 0 bridgehead atoms. The highest BCUT2D eigenvalue weighted by molar-refractivity contribution is 9.08. The van der Waals surface area contributed by atoms with Crippen molar-refractivity contribution in [1.29, 1.82) is 0 Å². The first kappa shape index (κ1) is 16.1. The Morgan fingerprint density at radius 2 is 2.05 bits per heavy atom. The highest BCUT2D eigenvalue weighted by atomic mass is 79.9. The van der Waals surface area contributed by atoms with Crippen LogP contribution in [0.15, 0.2) is 6.20 Å². The van der Waals surface area contributed by atoms with E-state index in [2.05, 4.69) is 25.7 Å². The summed E-state index contributed by atoms with van der Waals surface area (Å²) in [4.78, 5) is 14.1. The Balaban J connectivity index is 3.45. The monoisotopic (exact) mass is 367 g/mol. The quantitative estimate of drug-likeness (QED) is 0.454. The molecule has 0 unspecified atom stereocenters. The summed E-state index contributed by atoms with van der Waals surface area (Å²) in [5, 5.41) is -1.66. The van der Waals surface area contributed by atoms with Gasteiger partial charge in [-0.1, -0.05) is 15.9 Å². The Morgan fingerprint density at radius 3 is 2.42 bits per heavy atom. The number of alkyl halides is 6. The summed E-state index contributed by atoms with van der Waals surface area (Å²) in [5.74, 6) is -1.05. The van der Waals surface area contributed by atoms with Gasteiger partial charge in [-0.15, -0.1) is 13.2 Å². The van der Waals surface area contributed by atoms with Crippen LogP contribution in [0.1, 0.15) is 27.9 Å². The fourth-order valence-corrected chi connectivity index (χ4v) is 1.97. The van der Waals surface area contributed by atoms with Gasteiger partial charge in [0.2, 0.25) is 5.88 Å². The molecule has 0 spiro atoms. The van der Waals surface area contributed by atoms with Gasteiger partial charge in [-0.2, -0.15) is 0 Å². The van der Waals surface area contributed by atoms with Crippen molar-refractivity contribution in [2.24, 2.45) is 0 Å². The molecular weight excluding hydrogens is 364 g/mol. The lowest BCUT2D eigenvalue weighted by molar-refractivity contribution is -0.276. The molecule has 0 saturated heterocycles. The second-order valence-corrected chi connectivity index (χ2v) is 4.03. The van der Waals surface area contributed by atoms with E-state index in [-0.39, 0.29) is 0 Å². The Morgan fingerprint density at radius 1 is 1.47 bits per heavy atom. The van der Waals surface area contributed by atoms with E-state index >= 15 is 0 Å². The third kappa shape index (κ3) is 4.00. The molecule has 1 aromatic rings. The molecule has 3 nitrogen and oxygen atoms in total. The second kappa shape index (κ2) is 6.00. The Kier molecular flexibility index (Phi) is 5.08. The summed E-state index contributed by atoms with van der Waals surface area (Å²) < 4.78 is 65.5. The number of hydrogen-bond acceptors (Lipinski definition) is 3. The van der Waals surface area contributed by atoms with Crippen molar-refractivity contribution in [1.82, 2.24) is 4.98 Å². The molecule has 0 aromatic carbocycles. The zero-order chi connectivity index (χ0) is 14.8. The van der Waals surface area contributed by atoms with Crippen LogP contribution in [0.2, 0.25) is 0 Å². The maximum Gasteiger partial charge on any atom is 0.574 e. The predicted octanol–water partition coefficient (Wildman–Crippen LogP) is 4.19. The summed E-state index contributed by atoms with van der Waals surface area (Å²) in [6.07, 6.45) is -7.77. The van der Waals surface area contributed by atoms with Crippen LogP contribution in [-0.4, -0.2) is 16.6 Å². The SMILES string of the molecule is O=C(Cl)c1cnc(OC(F)(F)F)c(CBr)c1C(F)F. The number of ether oxygens (including phenoxy) is 1. The van der Waals surface area contributed by atoms with Gasteiger partial charge in [0, 0.05) is 22.7 Å². The number of rotatable bonds is 4. The van der Waals surface area contributed by atoms with Gasteiger partial charge in [-0.05, 0) is 11.6 Å². The van der Waals surface area contributed by atoms with Crippen molar-refractivity contribution >= 4 is 32.8 Å². The lowest BCUT2D eigenvalue weighted by Crippen LogP contribution is -2.20. The summed E-state index contributed by atoms with van der Waals surface area (Å²) in [5.41, 5.74) is -2.19. The van der Waals surface area contributed by atoms with Gasteiger partial charge in [-0.3, -0.25) is 4.79 Å². The first-order valence-electron chi connectivity index (χ1n) is 4.48. The maximum atomic E-state index is 12.9. The van der Waals surface area contributed by atoms with Gasteiger partial charge >= 0.3 is 6.36 Å². The van der Waals surface area contributed by atoms with Crippen LogP contribution in [0.5, 0.6) is 5.88 Å². The summed E-state index contributed by atoms with van der Waals surface area (Å²) in [6, 6.07) is 0. The van der Waals surface area contributed by atoms with E-state index in [0.717, 1.165) is 0 Å². The van der Waals surface area contributed by atoms with Crippen molar-refractivity contribution in [2.45, 2.75) is 18.1 Å². The minimum Gasteiger partial charge on any atom is -0.388 e. The summed E-state index contributed by atoms with van der Waals surface area (Å²) in [7, 11) is 0. The standard InChI is InChI=1S/C9H4BrClF5NO2/c10-1-3-5(7(12)13)4(6(11)18)2-17-8(3)19-9(14,15)16/h2,7H,1H2. The van der Waals surface area contributed by atoms with Crippen LogP contribution in [0.4, 0.5) is 22.0 Å². The van der Waals surface area contributed by atoms with Crippen LogP contribution in [-0.2, 0) is 5.33 Å². The molecule has 0 N–H and O–H groups in total. The van der Waals surface area contributed by atoms with E-state index in [1.807, 2.05) is 0 Å². The van der Waals surface area contributed by atoms with E-state index in [1.165, 1.54) is 0 Å². The number of nitrogens with zero attached hydrogens (tertiary/aromatic N) is 1. The molecule has 1 heterocycles. The van der Waals surface area contributed by atoms with Gasteiger partial charge in [0.15, 0.2) is 0 Å². The maximum absolute atomic E-state index is 12.9. The molecule has 0 amide bonds. The van der Waals surface area contributed by atoms with Crippen LogP contribution < -0.4 is 4.74 Å². The number of hydrogen-bond donors (Lipinski definition) is 0. The normalized spacial score (nSPS) is 11.8. The average molecular weight is 368 g/mol. The second-order valence-electron chi connectivity index (χ2n) is 3.13. The number of carbonyl (C=O) groups is 1. The largest absolute Gasteiger partial charge is 0.574 e. The lowest BCUT2D eigenvalue weighted by atomic mass is 10.1. The fourth-order valence-electron chi connectivity index (χ4n) is 1.28. The van der Waals surface area contributed by atoms with E-state index in [4.69, 9.17) is 11.6 Å². The average Bonchev–Trinajstić information content (AvgIpc) is 2.25. The first-order valence-corrected chi connectivity index (χ1v) is 5.98. The van der Waals surface area contributed by atoms with Gasteiger partial charge in [0.1, 0.15) is 0 Å². The molecule has 0 aliphatic heterocycles. The molecule has 0 aliphatic carbocycles. The zero-order valence-electron chi connectivity index (χ0n) is 8.77. The number of pyridine rings is 1. The lowest BCUT2D eigenvalue weighted by Gasteiger charge is -2.15. The van der Waals surface area contributed by atoms with Crippen LogP contribution >= 0.6 is 27.5 Å². The predicted molar refractivity (Wildman–Crippen MR) is 58.7 cm³/mol. The highest BCUT2D eigenvalue weighted by Gasteiger charge is 2.35. The van der Waals surface area contributed by atoms with Crippen LogP contribution in [0, 0.1) is 0 Å². The number of carbonyl (C=O) groups excluding carboxylic acids is 1. The van der Waals surface area contributed by atoms with Crippen molar-refractivity contribution in [3.05, 3.63) is 22.9 Å². The third-order valence-electron chi connectivity index (χ3n) is 1.96. The van der Waals surface area contributed by atoms with Gasteiger partial charge in [0.05, 0.1) is 5.56 Å². The molecule has 1 rings (SSSR count). The van der Waals surface area contributed by atoms with Crippen molar-refractivity contribution in [3.8, 4) is 5.88 Å². The van der Waals surface area contributed by atoms with E-state index in [1.54, 1.807) is 0 Å². The van der Waals surface area contributed by atoms with E-state index in [9.17, 15) is 26.7 Å². The van der Waals surface area contributed by atoms with Crippen molar-refractivity contribution in [3.63, 3.8) is 0 Å². The topological polar surface area (TPSA) is 39.2 Å². The molecule has 19 heavy (non-hydrogen) atoms. The Labute approximate surface area is 116 Å². The third-order valence-corrected chi connectivity index (χ3v) is 2.72. The molecule has 0 aliphatic rings. The molecular formula is C9H4BrClF5NO2. The van der Waals surface area contributed by atoms with Crippen LogP contribution in [0.25, 0.3) is 0 Å². The zero-order valence-corrected chi connectivity index (χ0v) is 11.1. The summed E-state index contributed by atoms with van der Waals surface area (Å²) >= 11 is 7.82. The van der Waals surface area contributed by atoms with Gasteiger partial charge in [-0.25, -0.2) is 13.8 Å². The minimum absolute atomic E-state index is 0.414. The molecule has 0 radical (unpaired) electrons. The number of aromatic nitrogens is 1. The van der Waals surface area contributed by atoms with E-state index in [0.29, 0.717) is 6.20 Å². The molecule has 10 heteroatoms. The van der Waals surface area contributed by atoms with E-state index < -0.39 is 45.9 Å². The number of halogens is 7.